The normalized spacial score (nSPS) is 10.6. The second kappa shape index (κ2) is 9.41. The minimum atomic E-state index is -4.46. The summed E-state index contributed by atoms with van der Waals surface area (Å²) in [5.74, 6) is -0.323. The van der Waals surface area contributed by atoms with Gasteiger partial charge in [0.05, 0.1) is 5.82 Å². The van der Waals surface area contributed by atoms with E-state index in [1.54, 1.807) is 30.5 Å². The van der Waals surface area contributed by atoms with E-state index in [9.17, 15) is 17.6 Å². The van der Waals surface area contributed by atoms with E-state index >= 15 is 0 Å². The van der Waals surface area contributed by atoms with E-state index in [-0.39, 0.29) is 32.6 Å². The summed E-state index contributed by atoms with van der Waals surface area (Å²) in [6.45, 7) is 0. The summed E-state index contributed by atoms with van der Waals surface area (Å²) in [5, 5.41) is 6.47. The number of nitrogens with zero attached hydrogens (tertiary/aromatic N) is 5. The minimum Gasteiger partial charge on any atom is -0.660 e. The molecule has 0 fully saturated rings. The summed E-state index contributed by atoms with van der Waals surface area (Å²) in [7, 11) is 0. The van der Waals surface area contributed by atoms with Crippen molar-refractivity contribution in [2.24, 2.45) is 0 Å². The average Bonchev–Trinajstić information content (AvgIpc) is 3.33. The molecule has 0 atom stereocenters. The van der Waals surface area contributed by atoms with Gasteiger partial charge < -0.3 is 15.2 Å². The standard InChI is InChI=1S/C9H5F3N3.C9H6FN2.Pt/c10-9(11,12)8-5-7(14-15-8)6-3-1-2-4-13-6;10-7-5-9(12-6-7)8-3-1-2-4-11-8;/h1-5H;1-6H;/q2*-1;+2. The third-order valence-electron chi connectivity index (χ3n) is 3.29. The van der Waals surface area contributed by atoms with Gasteiger partial charge in [0.1, 0.15) is 5.69 Å². The Morgan fingerprint density at radius 1 is 0.821 bits per heavy atom. The van der Waals surface area contributed by atoms with Gasteiger partial charge in [-0.25, -0.2) is 4.39 Å². The smallest absolute Gasteiger partial charge is 0.660 e. The van der Waals surface area contributed by atoms with Crippen molar-refractivity contribution >= 4 is 0 Å². The van der Waals surface area contributed by atoms with Crippen molar-refractivity contribution in [2.75, 3.05) is 0 Å². The molecule has 5 nitrogen and oxygen atoms in total. The van der Waals surface area contributed by atoms with Crippen LogP contribution in [0.2, 0.25) is 0 Å². The first-order chi connectivity index (χ1) is 12.9. The Balaban J connectivity index is 0.000000198. The number of rotatable bonds is 2. The molecule has 0 spiro atoms. The third kappa shape index (κ3) is 5.60. The van der Waals surface area contributed by atoms with Crippen LogP contribution >= 0.6 is 0 Å². The van der Waals surface area contributed by atoms with Crippen LogP contribution < -0.4 is 10.1 Å². The van der Waals surface area contributed by atoms with E-state index in [2.05, 4.69) is 25.1 Å². The Morgan fingerprint density at radius 3 is 1.86 bits per heavy atom. The molecule has 0 amide bonds. The number of pyridine rings is 2. The van der Waals surface area contributed by atoms with Crippen molar-refractivity contribution in [3.05, 3.63) is 78.6 Å². The van der Waals surface area contributed by atoms with Gasteiger partial charge in [0.15, 0.2) is 0 Å². The molecule has 146 valence electrons. The van der Waals surface area contributed by atoms with Crippen LogP contribution in [0.3, 0.4) is 0 Å². The molecule has 10 heteroatoms. The van der Waals surface area contributed by atoms with Crippen LogP contribution in [0.25, 0.3) is 22.8 Å². The van der Waals surface area contributed by atoms with Crippen molar-refractivity contribution < 1.29 is 38.6 Å². The maximum atomic E-state index is 12.5. The Kier molecular flexibility index (Phi) is 7.23. The molecule has 28 heavy (non-hydrogen) atoms. The van der Waals surface area contributed by atoms with Crippen LogP contribution in [0.1, 0.15) is 5.69 Å². The van der Waals surface area contributed by atoms with Crippen molar-refractivity contribution in [3.63, 3.8) is 0 Å². The summed E-state index contributed by atoms with van der Waals surface area (Å²) < 4.78 is 49.1. The fraction of sp³-hybridized carbons (Fsp3) is 0.0556. The number of halogens is 4. The number of hydrogen-bond donors (Lipinski definition) is 0. The van der Waals surface area contributed by atoms with Crippen LogP contribution in [-0.2, 0) is 27.2 Å². The maximum absolute atomic E-state index is 12.5. The first kappa shape index (κ1) is 21.5. The molecule has 4 heterocycles. The van der Waals surface area contributed by atoms with Crippen LogP contribution in [0.5, 0.6) is 0 Å². The summed E-state index contributed by atoms with van der Waals surface area (Å²) in [6.07, 6.45) is -0.136. The predicted octanol–water partition coefficient (Wildman–Crippen LogP) is 3.96. The second-order valence-corrected chi connectivity index (χ2v) is 5.22. The van der Waals surface area contributed by atoms with Gasteiger partial charge >= 0.3 is 27.2 Å². The van der Waals surface area contributed by atoms with Crippen LogP contribution in [-0.4, -0.2) is 15.1 Å². The minimum absolute atomic E-state index is 0. The van der Waals surface area contributed by atoms with Crippen molar-refractivity contribution in [2.45, 2.75) is 6.18 Å². The molecule has 0 N–H and O–H groups in total. The van der Waals surface area contributed by atoms with Crippen molar-refractivity contribution in [1.82, 2.24) is 25.1 Å². The summed E-state index contributed by atoms with van der Waals surface area (Å²) in [6, 6.07) is 12.6. The third-order valence-corrected chi connectivity index (χ3v) is 3.29. The zero-order valence-corrected chi connectivity index (χ0v) is 16.2. The summed E-state index contributed by atoms with van der Waals surface area (Å²) in [4.78, 5) is 11.8. The molecule has 4 rings (SSSR count). The fourth-order valence-corrected chi connectivity index (χ4v) is 2.06. The van der Waals surface area contributed by atoms with E-state index in [1.807, 2.05) is 12.1 Å². The van der Waals surface area contributed by atoms with Crippen molar-refractivity contribution in [1.29, 1.82) is 0 Å². The summed E-state index contributed by atoms with van der Waals surface area (Å²) >= 11 is 0. The van der Waals surface area contributed by atoms with E-state index in [1.165, 1.54) is 18.5 Å². The molecule has 4 aromatic heterocycles. The zero-order chi connectivity index (χ0) is 19.3. The topological polar surface area (TPSA) is 66.9 Å². The van der Waals surface area contributed by atoms with Gasteiger partial charge in [0, 0.05) is 23.8 Å². The Labute approximate surface area is 171 Å². The average molecular weight is 568 g/mol. The Bertz CT molecular complexity index is 984. The van der Waals surface area contributed by atoms with E-state index in [0.29, 0.717) is 17.1 Å². The van der Waals surface area contributed by atoms with Crippen LogP contribution in [0, 0.1) is 5.82 Å². The molecule has 0 aliphatic carbocycles. The first-order valence-electron chi connectivity index (χ1n) is 7.62. The van der Waals surface area contributed by atoms with E-state index in [4.69, 9.17) is 0 Å². The van der Waals surface area contributed by atoms with Gasteiger partial charge in [-0.3, -0.25) is 9.97 Å². The molecule has 0 unspecified atom stereocenters. The zero-order valence-electron chi connectivity index (χ0n) is 13.9. The van der Waals surface area contributed by atoms with Crippen LogP contribution in [0.15, 0.2) is 67.1 Å². The first-order valence-corrected chi connectivity index (χ1v) is 7.62. The van der Waals surface area contributed by atoms with Gasteiger partial charge in [-0.05, 0) is 36.4 Å². The Morgan fingerprint density at radius 2 is 1.43 bits per heavy atom. The molecule has 4 aromatic rings. The quantitative estimate of drug-likeness (QED) is 0.343. The van der Waals surface area contributed by atoms with Gasteiger partial charge in [-0.2, -0.15) is 13.2 Å². The van der Waals surface area contributed by atoms with E-state index in [0.717, 1.165) is 6.07 Å². The predicted molar refractivity (Wildman–Crippen MR) is 88.7 cm³/mol. The van der Waals surface area contributed by atoms with Crippen molar-refractivity contribution in [3.8, 4) is 22.8 Å². The van der Waals surface area contributed by atoms with Gasteiger partial charge in [-0.1, -0.05) is 17.8 Å². The molecule has 0 aliphatic rings. The molecular formula is C18H11F4N5Pt. The molecule has 0 radical (unpaired) electrons. The number of alkyl halides is 3. The molecule has 0 saturated heterocycles. The number of aromatic nitrogens is 5. The molecule has 0 bridgehead atoms. The fourth-order valence-electron chi connectivity index (χ4n) is 2.06. The molecule has 0 aliphatic heterocycles. The molecule has 0 aromatic carbocycles. The van der Waals surface area contributed by atoms with Crippen LogP contribution in [0.4, 0.5) is 17.6 Å². The second-order valence-electron chi connectivity index (χ2n) is 5.22. The largest absolute Gasteiger partial charge is 2.00 e. The molecular weight excluding hydrogens is 557 g/mol. The maximum Gasteiger partial charge on any atom is 2.00 e. The van der Waals surface area contributed by atoms with E-state index < -0.39 is 11.9 Å². The van der Waals surface area contributed by atoms with Gasteiger partial charge in [0.25, 0.3) is 0 Å². The number of hydrogen-bond acceptors (Lipinski definition) is 3. The summed E-state index contributed by atoms with van der Waals surface area (Å²) in [5.41, 5.74) is 0.779. The Hall–Kier alpha value is -2.80. The van der Waals surface area contributed by atoms with Gasteiger partial charge in [-0.15, -0.1) is 11.9 Å². The van der Waals surface area contributed by atoms with Gasteiger partial charge in [0.2, 0.25) is 0 Å². The monoisotopic (exact) mass is 568 g/mol. The molecule has 0 saturated carbocycles. The SMILES string of the molecule is FC(F)(F)c1cc(-c2ccccn2)[n-]n1.Fc1c[n-]c(-c2ccccn2)c1.[Pt+2].